The van der Waals surface area contributed by atoms with E-state index in [0.29, 0.717) is 17.5 Å². The molecule has 9 aromatic carbocycles. The third-order valence-corrected chi connectivity index (χ3v) is 12.1. The van der Waals surface area contributed by atoms with E-state index in [1.807, 2.05) is 60.7 Å². The zero-order chi connectivity index (χ0) is 40.0. The van der Waals surface area contributed by atoms with Gasteiger partial charge in [0.1, 0.15) is 11.2 Å². The minimum Gasteiger partial charge on any atom is -0.455 e. The van der Waals surface area contributed by atoms with Gasteiger partial charge in [-0.05, 0) is 65.4 Å². The number of para-hydroxylation sites is 3. The second-order valence-electron chi connectivity index (χ2n) is 15.6. The molecule has 0 radical (unpaired) electrons. The van der Waals surface area contributed by atoms with Gasteiger partial charge in [-0.3, -0.25) is 0 Å². The topological polar surface area (TPSA) is 61.7 Å². The summed E-state index contributed by atoms with van der Waals surface area (Å²) in [6, 6.07) is 70.2. The molecule has 0 fully saturated rings. The Morgan fingerprint density at radius 1 is 0.344 bits per heavy atom. The highest BCUT2D eigenvalue weighted by Gasteiger charge is 2.23. The molecule has 0 aliphatic carbocycles. The minimum atomic E-state index is 0.559. The van der Waals surface area contributed by atoms with Crippen LogP contribution in [0.25, 0.3) is 122 Å². The van der Waals surface area contributed by atoms with Crippen molar-refractivity contribution >= 4 is 76.3 Å². The van der Waals surface area contributed by atoms with E-state index >= 15 is 0 Å². The molecule has 13 rings (SSSR count). The summed E-state index contributed by atoms with van der Waals surface area (Å²) in [4.78, 5) is 15.2. The Kier molecular flexibility index (Phi) is 7.21. The van der Waals surface area contributed by atoms with Crippen molar-refractivity contribution in [2.75, 3.05) is 0 Å². The highest BCUT2D eigenvalue weighted by Crippen LogP contribution is 2.45. The Bertz CT molecular complexity index is 3810. The standard InChI is InChI=1S/C55H33N5O/c1-4-16-34(17-5-1)53-56-54(35-18-6-2-7-19-35)58-55(57-53)43-32-36-20-10-11-23-39(36)49-42-29-28-38(33-48(42)61-52(43)49)60-45-27-15-13-25-41(45)51-47(60)31-30-46-50(51)40-24-12-14-26-44(40)59(46)37-21-8-3-9-22-37/h1-33H. The predicted molar refractivity (Wildman–Crippen MR) is 250 cm³/mol. The highest BCUT2D eigenvalue weighted by molar-refractivity contribution is 6.29. The van der Waals surface area contributed by atoms with E-state index in [4.69, 9.17) is 19.4 Å². The van der Waals surface area contributed by atoms with Gasteiger partial charge in [-0.25, -0.2) is 15.0 Å². The van der Waals surface area contributed by atoms with Crippen molar-refractivity contribution in [2.45, 2.75) is 0 Å². The lowest BCUT2D eigenvalue weighted by atomic mass is 9.99. The first kappa shape index (κ1) is 33.6. The van der Waals surface area contributed by atoms with Crippen molar-refractivity contribution in [3.63, 3.8) is 0 Å². The Balaban J connectivity index is 1.07. The first-order valence-corrected chi connectivity index (χ1v) is 20.5. The Hall–Kier alpha value is -8.35. The van der Waals surface area contributed by atoms with E-state index in [0.717, 1.165) is 71.8 Å². The van der Waals surface area contributed by atoms with E-state index in [2.05, 4.69) is 149 Å². The summed E-state index contributed by atoms with van der Waals surface area (Å²) in [5.74, 6) is 1.77. The Morgan fingerprint density at radius 3 is 1.48 bits per heavy atom. The number of nitrogens with zero attached hydrogens (tertiary/aromatic N) is 5. The molecule has 61 heavy (non-hydrogen) atoms. The molecule has 284 valence electrons. The molecule has 0 aliphatic rings. The fourth-order valence-electron chi connectivity index (χ4n) is 9.50. The van der Waals surface area contributed by atoms with Crippen LogP contribution in [0.15, 0.2) is 205 Å². The van der Waals surface area contributed by atoms with Crippen molar-refractivity contribution < 1.29 is 4.42 Å². The molecule has 4 heterocycles. The van der Waals surface area contributed by atoms with Gasteiger partial charge in [0, 0.05) is 60.9 Å². The van der Waals surface area contributed by atoms with Crippen molar-refractivity contribution in [1.29, 1.82) is 0 Å². The van der Waals surface area contributed by atoms with Crippen LogP contribution < -0.4 is 0 Å². The van der Waals surface area contributed by atoms with Crippen LogP contribution in [0.3, 0.4) is 0 Å². The minimum absolute atomic E-state index is 0.559. The normalized spacial score (nSPS) is 11.9. The van der Waals surface area contributed by atoms with Gasteiger partial charge in [-0.2, -0.15) is 0 Å². The molecule has 0 amide bonds. The molecule has 6 heteroatoms. The van der Waals surface area contributed by atoms with Crippen LogP contribution in [0.1, 0.15) is 0 Å². The van der Waals surface area contributed by atoms with Crippen LogP contribution in [0.5, 0.6) is 0 Å². The molecule has 13 aromatic rings. The number of hydrogen-bond donors (Lipinski definition) is 0. The maximum Gasteiger partial charge on any atom is 0.167 e. The van der Waals surface area contributed by atoms with E-state index in [-0.39, 0.29) is 0 Å². The zero-order valence-electron chi connectivity index (χ0n) is 32.7. The number of benzene rings is 9. The van der Waals surface area contributed by atoms with Gasteiger partial charge < -0.3 is 13.6 Å². The van der Waals surface area contributed by atoms with E-state index in [1.54, 1.807) is 0 Å². The zero-order valence-corrected chi connectivity index (χ0v) is 32.7. The summed E-state index contributed by atoms with van der Waals surface area (Å²) in [6.07, 6.45) is 0. The van der Waals surface area contributed by atoms with Crippen molar-refractivity contribution in [2.24, 2.45) is 0 Å². The van der Waals surface area contributed by atoms with Gasteiger partial charge in [0.2, 0.25) is 0 Å². The Morgan fingerprint density at radius 2 is 0.852 bits per heavy atom. The summed E-state index contributed by atoms with van der Waals surface area (Å²) in [5.41, 5.74) is 11.0. The quantitative estimate of drug-likeness (QED) is 0.175. The van der Waals surface area contributed by atoms with Gasteiger partial charge in [-0.1, -0.05) is 140 Å². The second kappa shape index (κ2) is 13.1. The highest BCUT2D eigenvalue weighted by atomic mass is 16.3. The first-order chi connectivity index (χ1) is 30.3. The van der Waals surface area contributed by atoms with Gasteiger partial charge in [0.05, 0.1) is 27.6 Å². The SMILES string of the molecule is c1ccc(-c2nc(-c3ccccc3)nc(-c3cc4ccccc4c4c3oc3cc(-n5c6ccccc6c6c7c8ccccc8n(-c8ccccc8)c7ccc65)ccc34)n2)cc1. The molecule has 0 bridgehead atoms. The lowest BCUT2D eigenvalue weighted by Gasteiger charge is -2.10. The van der Waals surface area contributed by atoms with Crippen LogP contribution in [0.4, 0.5) is 0 Å². The molecule has 0 saturated carbocycles. The predicted octanol–water partition coefficient (Wildman–Crippen LogP) is 14.1. The summed E-state index contributed by atoms with van der Waals surface area (Å²) in [6.45, 7) is 0. The number of furan rings is 1. The number of hydrogen-bond acceptors (Lipinski definition) is 4. The molecule has 0 atom stereocenters. The van der Waals surface area contributed by atoms with Crippen molar-refractivity contribution in [3.8, 4) is 45.5 Å². The van der Waals surface area contributed by atoms with Crippen LogP contribution in [0.2, 0.25) is 0 Å². The maximum atomic E-state index is 7.06. The molecule has 0 aliphatic heterocycles. The first-order valence-electron chi connectivity index (χ1n) is 20.5. The summed E-state index contributed by atoms with van der Waals surface area (Å²) in [5, 5.41) is 9.18. The molecule has 4 aromatic heterocycles. The van der Waals surface area contributed by atoms with Crippen molar-refractivity contribution in [3.05, 3.63) is 200 Å². The lowest BCUT2D eigenvalue weighted by Crippen LogP contribution is -2.00. The molecule has 6 nitrogen and oxygen atoms in total. The third-order valence-electron chi connectivity index (χ3n) is 12.1. The largest absolute Gasteiger partial charge is 0.455 e. The van der Waals surface area contributed by atoms with E-state index in [1.165, 1.54) is 32.6 Å². The summed E-state index contributed by atoms with van der Waals surface area (Å²) < 4.78 is 11.8. The summed E-state index contributed by atoms with van der Waals surface area (Å²) >= 11 is 0. The van der Waals surface area contributed by atoms with Gasteiger partial charge >= 0.3 is 0 Å². The molecule has 0 N–H and O–H groups in total. The van der Waals surface area contributed by atoms with E-state index in [9.17, 15) is 0 Å². The van der Waals surface area contributed by atoms with Gasteiger partial charge in [0.25, 0.3) is 0 Å². The van der Waals surface area contributed by atoms with Gasteiger partial charge in [-0.15, -0.1) is 0 Å². The van der Waals surface area contributed by atoms with E-state index < -0.39 is 0 Å². The smallest absolute Gasteiger partial charge is 0.167 e. The number of aromatic nitrogens is 5. The molecular formula is C55H33N5O. The van der Waals surface area contributed by atoms with Gasteiger partial charge in [0.15, 0.2) is 17.5 Å². The van der Waals surface area contributed by atoms with Crippen LogP contribution in [-0.2, 0) is 0 Å². The number of fused-ring (bicyclic) bond motifs is 12. The third kappa shape index (κ3) is 5.06. The number of rotatable bonds is 5. The average Bonchev–Trinajstić information content (AvgIpc) is 4.00. The average molecular weight is 780 g/mol. The van der Waals surface area contributed by atoms with Crippen molar-refractivity contribution in [1.82, 2.24) is 24.1 Å². The molecular weight excluding hydrogens is 747 g/mol. The lowest BCUT2D eigenvalue weighted by molar-refractivity contribution is 0.669. The molecule has 0 saturated heterocycles. The second-order valence-corrected chi connectivity index (χ2v) is 15.6. The van der Waals surface area contributed by atoms with Crippen LogP contribution in [0, 0.1) is 0 Å². The molecule has 0 unspecified atom stereocenters. The fourth-order valence-corrected chi connectivity index (χ4v) is 9.50. The Labute approximate surface area is 349 Å². The fraction of sp³-hybridized carbons (Fsp3) is 0. The summed E-state index contributed by atoms with van der Waals surface area (Å²) in [7, 11) is 0. The monoisotopic (exact) mass is 779 g/mol. The van der Waals surface area contributed by atoms with Crippen LogP contribution in [-0.4, -0.2) is 24.1 Å². The maximum absolute atomic E-state index is 7.06. The van der Waals surface area contributed by atoms with Crippen LogP contribution >= 0.6 is 0 Å². The molecule has 0 spiro atoms.